The van der Waals surface area contributed by atoms with Crippen molar-refractivity contribution in [2.24, 2.45) is 11.8 Å². The molecule has 3 heterocycles. The molecule has 0 radical (unpaired) electrons. The Morgan fingerprint density at radius 1 is 1.24 bits per heavy atom. The fourth-order valence-corrected chi connectivity index (χ4v) is 6.48. The lowest BCUT2D eigenvalue weighted by molar-refractivity contribution is -0.155. The summed E-state index contributed by atoms with van der Waals surface area (Å²) in [5.74, 6) is -2.50. The quantitative estimate of drug-likeness (QED) is 0.264. The summed E-state index contributed by atoms with van der Waals surface area (Å²) in [5.41, 5.74) is 1.56. The molecule has 8 heteroatoms. The molecular formula is C29H38N2O6. The van der Waals surface area contributed by atoms with Crippen molar-refractivity contribution in [3.05, 3.63) is 54.6 Å². The maximum absolute atomic E-state index is 14.4. The molecule has 2 unspecified atom stereocenters. The fourth-order valence-electron chi connectivity index (χ4n) is 6.48. The topological polar surface area (TPSA) is 96.4 Å². The Morgan fingerprint density at radius 3 is 2.62 bits per heavy atom. The highest BCUT2D eigenvalue weighted by Gasteiger charge is 2.75. The lowest BCUT2D eigenvalue weighted by Gasteiger charge is -2.37. The molecule has 4 rings (SSSR count). The van der Waals surface area contributed by atoms with Crippen LogP contribution in [0, 0.1) is 25.7 Å². The first-order valence-electron chi connectivity index (χ1n) is 13.2. The second-order valence-corrected chi connectivity index (χ2v) is 10.2. The van der Waals surface area contributed by atoms with Gasteiger partial charge in [0.15, 0.2) is 0 Å². The van der Waals surface area contributed by atoms with Crippen LogP contribution in [0.15, 0.2) is 43.5 Å². The Hall–Kier alpha value is -2.97. The Bertz CT molecular complexity index is 1050. The predicted octanol–water partition coefficient (Wildman–Crippen LogP) is 3.09. The minimum atomic E-state index is -1.10. The van der Waals surface area contributed by atoms with E-state index in [1.54, 1.807) is 17.1 Å². The van der Waals surface area contributed by atoms with Gasteiger partial charge in [0.05, 0.1) is 24.5 Å². The van der Waals surface area contributed by atoms with E-state index in [1.165, 1.54) is 4.90 Å². The van der Waals surface area contributed by atoms with Gasteiger partial charge in [0.1, 0.15) is 11.6 Å². The van der Waals surface area contributed by atoms with Crippen molar-refractivity contribution >= 4 is 23.5 Å². The smallest absolute Gasteiger partial charge is 0.312 e. The third kappa shape index (κ3) is 4.61. The number of nitrogens with zero attached hydrogens (tertiary/aromatic N) is 2. The molecule has 3 fully saturated rings. The molecule has 1 N–H and O–H groups in total. The zero-order valence-electron chi connectivity index (χ0n) is 21.9. The van der Waals surface area contributed by atoms with Crippen molar-refractivity contribution < 1.29 is 29.0 Å². The van der Waals surface area contributed by atoms with Crippen molar-refractivity contribution in [2.75, 3.05) is 31.2 Å². The molecule has 2 bridgehead atoms. The number of carbonyl (C=O) groups is 3. The number of amides is 2. The van der Waals surface area contributed by atoms with Crippen LogP contribution in [0.4, 0.5) is 5.69 Å². The Balaban J connectivity index is 1.71. The molecule has 5 atom stereocenters. The molecule has 2 amide bonds. The first-order valence-corrected chi connectivity index (χ1v) is 13.2. The summed E-state index contributed by atoms with van der Waals surface area (Å²) in [6, 6.07) is 4.94. The van der Waals surface area contributed by atoms with Gasteiger partial charge in [0.25, 0.3) is 5.91 Å². The molecule has 200 valence electrons. The highest BCUT2D eigenvalue weighted by molar-refractivity contribution is 6.05. The van der Waals surface area contributed by atoms with Gasteiger partial charge in [-0.15, -0.1) is 13.2 Å². The number of allylic oxidation sites excluding steroid dienone is 1. The largest absolute Gasteiger partial charge is 0.465 e. The van der Waals surface area contributed by atoms with Crippen LogP contribution in [0.1, 0.15) is 43.2 Å². The second kappa shape index (κ2) is 11.2. The van der Waals surface area contributed by atoms with E-state index in [1.807, 2.05) is 32.0 Å². The summed E-state index contributed by atoms with van der Waals surface area (Å²) < 4.78 is 12.0. The number of benzene rings is 1. The summed E-state index contributed by atoms with van der Waals surface area (Å²) >= 11 is 0. The molecule has 1 aromatic rings. The molecule has 8 nitrogen and oxygen atoms in total. The number of likely N-dealkylation sites (tertiary alicyclic amines) is 1. The second-order valence-electron chi connectivity index (χ2n) is 10.2. The van der Waals surface area contributed by atoms with Gasteiger partial charge in [-0.2, -0.15) is 0 Å². The average molecular weight is 511 g/mol. The zero-order valence-corrected chi connectivity index (χ0v) is 21.9. The van der Waals surface area contributed by atoms with Crippen LogP contribution in [0.2, 0.25) is 0 Å². The number of ether oxygens (including phenoxy) is 2. The van der Waals surface area contributed by atoms with Crippen LogP contribution in [-0.2, 0) is 23.9 Å². The van der Waals surface area contributed by atoms with Crippen LogP contribution >= 0.6 is 0 Å². The number of aliphatic hydroxyl groups is 1. The molecule has 0 saturated carbocycles. The molecule has 37 heavy (non-hydrogen) atoms. The van der Waals surface area contributed by atoms with Crippen LogP contribution in [0.5, 0.6) is 0 Å². The van der Waals surface area contributed by atoms with Gasteiger partial charge >= 0.3 is 5.97 Å². The van der Waals surface area contributed by atoms with Crippen molar-refractivity contribution in [3.8, 4) is 0 Å². The van der Waals surface area contributed by atoms with Crippen LogP contribution in [0.3, 0.4) is 0 Å². The third-order valence-electron chi connectivity index (χ3n) is 7.95. The van der Waals surface area contributed by atoms with Gasteiger partial charge in [0.2, 0.25) is 5.91 Å². The van der Waals surface area contributed by atoms with Gasteiger partial charge in [-0.05, 0) is 57.1 Å². The SMILES string of the molecule is C=CCCCOC(=O)[C@@H]1[C@H]2C(=O)N(CCCO)C(C(=O)N(CC=C)c3c(C)cccc3C)C23CC[C@H]1O3. The van der Waals surface area contributed by atoms with Crippen LogP contribution < -0.4 is 4.90 Å². The number of para-hydroxylation sites is 1. The van der Waals surface area contributed by atoms with E-state index >= 15 is 0 Å². The van der Waals surface area contributed by atoms with Crippen molar-refractivity contribution in [2.45, 2.75) is 63.7 Å². The molecular weight excluding hydrogens is 472 g/mol. The van der Waals surface area contributed by atoms with E-state index in [9.17, 15) is 19.5 Å². The number of rotatable bonds is 12. The maximum Gasteiger partial charge on any atom is 0.312 e. The Morgan fingerprint density at radius 2 is 1.97 bits per heavy atom. The van der Waals surface area contributed by atoms with E-state index in [4.69, 9.17) is 9.47 Å². The van der Waals surface area contributed by atoms with Gasteiger partial charge in [0, 0.05) is 25.4 Å². The molecule has 0 aliphatic carbocycles. The van der Waals surface area contributed by atoms with Crippen LogP contribution in [-0.4, -0.2) is 71.8 Å². The number of hydrogen-bond donors (Lipinski definition) is 1. The highest BCUT2D eigenvalue weighted by Crippen LogP contribution is 2.59. The van der Waals surface area contributed by atoms with E-state index in [2.05, 4.69) is 13.2 Å². The van der Waals surface area contributed by atoms with E-state index in [0.717, 1.165) is 23.2 Å². The lowest BCUT2D eigenvalue weighted by Crippen LogP contribution is -2.56. The monoisotopic (exact) mass is 510 g/mol. The normalized spacial score (nSPS) is 27.8. The summed E-state index contributed by atoms with van der Waals surface area (Å²) in [6.45, 7) is 12.0. The van der Waals surface area contributed by atoms with Crippen molar-refractivity contribution in [3.63, 3.8) is 0 Å². The average Bonchev–Trinajstić information content (AvgIpc) is 3.51. The summed E-state index contributed by atoms with van der Waals surface area (Å²) in [4.78, 5) is 44.7. The fraction of sp³-hybridized carbons (Fsp3) is 0.552. The first-order chi connectivity index (χ1) is 17.8. The highest BCUT2D eigenvalue weighted by atomic mass is 16.6. The summed E-state index contributed by atoms with van der Waals surface area (Å²) in [5, 5.41) is 9.54. The molecule has 1 spiro atoms. The molecule has 3 saturated heterocycles. The van der Waals surface area contributed by atoms with E-state index in [-0.39, 0.29) is 38.1 Å². The summed E-state index contributed by atoms with van der Waals surface area (Å²) in [6.07, 6.45) is 5.79. The number of fused-ring (bicyclic) bond motifs is 1. The summed E-state index contributed by atoms with van der Waals surface area (Å²) in [7, 11) is 0. The standard InChI is InChI=1S/C29H38N2O6/c1-5-7-8-18-36-28(35)22-21-13-14-29(37-21)23(22)26(33)31(16-10-17-32)25(29)27(34)30(15-6-2)24-19(3)11-9-12-20(24)4/h5-6,9,11-12,21-23,25,32H,1-2,7-8,10,13-18H2,3-4H3/t21-,22+,23+,25?,29?/m1/s1. The van der Waals surface area contributed by atoms with E-state index < -0.39 is 35.6 Å². The maximum atomic E-state index is 14.4. The number of unbranched alkanes of at least 4 members (excludes halogenated alkanes) is 1. The third-order valence-corrected chi connectivity index (χ3v) is 7.95. The number of anilines is 1. The molecule has 1 aromatic carbocycles. The first kappa shape index (κ1) is 27.1. The number of esters is 1. The predicted molar refractivity (Wildman–Crippen MR) is 140 cm³/mol. The molecule has 0 aromatic heterocycles. The van der Waals surface area contributed by atoms with E-state index in [0.29, 0.717) is 25.7 Å². The van der Waals surface area contributed by atoms with Gasteiger partial charge in [-0.25, -0.2) is 0 Å². The minimum Gasteiger partial charge on any atom is -0.465 e. The number of aryl methyl sites for hydroxylation is 2. The number of carbonyl (C=O) groups excluding carboxylic acids is 3. The number of aliphatic hydroxyl groups excluding tert-OH is 1. The zero-order chi connectivity index (χ0) is 26.7. The van der Waals surface area contributed by atoms with Crippen molar-refractivity contribution in [1.82, 2.24) is 4.90 Å². The van der Waals surface area contributed by atoms with Gasteiger partial charge < -0.3 is 24.4 Å². The molecule has 3 aliphatic heterocycles. The van der Waals surface area contributed by atoms with Crippen molar-refractivity contribution in [1.29, 1.82) is 0 Å². The lowest BCUT2D eigenvalue weighted by atomic mass is 9.70. The van der Waals surface area contributed by atoms with Gasteiger partial charge in [-0.3, -0.25) is 14.4 Å². The molecule has 3 aliphatic rings. The number of hydrogen-bond acceptors (Lipinski definition) is 6. The van der Waals surface area contributed by atoms with Crippen LogP contribution in [0.25, 0.3) is 0 Å². The Kier molecular flexibility index (Phi) is 8.19. The van der Waals surface area contributed by atoms with Gasteiger partial charge in [-0.1, -0.05) is 30.4 Å². The Labute approximate surface area is 218 Å². The minimum absolute atomic E-state index is 0.117.